The highest BCUT2D eigenvalue weighted by Gasteiger charge is 2.17. The highest BCUT2D eigenvalue weighted by molar-refractivity contribution is 6.06. The number of carbonyl (C=O) groups is 1. The molecule has 0 radical (unpaired) electrons. The lowest BCUT2D eigenvalue weighted by Crippen LogP contribution is -2.31. The van der Waals surface area contributed by atoms with E-state index in [0.29, 0.717) is 18.7 Å². The first-order valence-electron chi connectivity index (χ1n) is 10.5. The predicted molar refractivity (Wildman–Crippen MR) is 123 cm³/mol. The molecule has 5 heteroatoms. The minimum Gasteiger partial charge on any atom is -0.487 e. The van der Waals surface area contributed by atoms with Gasteiger partial charge in [-0.3, -0.25) is 9.78 Å². The number of para-hydroxylation sites is 1. The van der Waals surface area contributed by atoms with Crippen molar-refractivity contribution in [1.82, 2.24) is 9.97 Å². The third kappa shape index (κ3) is 5.07. The second kappa shape index (κ2) is 9.85. The van der Waals surface area contributed by atoms with Gasteiger partial charge in [0, 0.05) is 35.6 Å². The molecule has 0 aliphatic heterocycles. The SMILES string of the molecule is CCCCN(C(=O)c1ccncc1)c1ccc(OCc2ccc3ccccc3n2)cc1. The number of carbonyl (C=O) groups excluding carboxylic acids is 1. The number of nitrogens with zero attached hydrogens (tertiary/aromatic N) is 3. The summed E-state index contributed by atoms with van der Waals surface area (Å²) < 4.78 is 5.93. The first kappa shape index (κ1) is 20.5. The van der Waals surface area contributed by atoms with Gasteiger partial charge < -0.3 is 9.64 Å². The van der Waals surface area contributed by atoms with Crippen LogP contribution in [0, 0.1) is 0 Å². The molecule has 4 aromatic rings. The fourth-order valence-corrected chi connectivity index (χ4v) is 3.38. The van der Waals surface area contributed by atoms with E-state index in [4.69, 9.17) is 4.74 Å². The summed E-state index contributed by atoms with van der Waals surface area (Å²) in [6, 6.07) is 23.2. The Balaban J connectivity index is 1.46. The number of hydrogen-bond acceptors (Lipinski definition) is 4. The average molecular weight is 412 g/mol. The molecule has 5 nitrogen and oxygen atoms in total. The molecular formula is C26H25N3O2. The van der Waals surface area contributed by atoms with E-state index >= 15 is 0 Å². The molecule has 0 spiro atoms. The number of pyridine rings is 2. The number of amides is 1. The monoisotopic (exact) mass is 411 g/mol. The molecule has 4 rings (SSSR count). The van der Waals surface area contributed by atoms with Crippen molar-refractivity contribution in [1.29, 1.82) is 0 Å². The molecule has 0 saturated carbocycles. The standard InChI is InChI=1S/C26H25N3O2/c1-2-3-18-29(26(30)21-14-16-27-17-15-21)23-10-12-24(13-11-23)31-19-22-9-8-20-6-4-5-7-25(20)28-22/h4-17H,2-3,18-19H2,1H3. The molecule has 2 aromatic carbocycles. The van der Waals surface area contributed by atoms with Crippen molar-refractivity contribution in [2.45, 2.75) is 26.4 Å². The van der Waals surface area contributed by atoms with Gasteiger partial charge in [0.25, 0.3) is 5.91 Å². The molecular weight excluding hydrogens is 386 g/mol. The van der Waals surface area contributed by atoms with Crippen LogP contribution in [-0.4, -0.2) is 22.4 Å². The predicted octanol–water partition coefficient (Wildman–Crippen LogP) is 5.66. The second-order valence-corrected chi connectivity index (χ2v) is 7.32. The molecule has 0 bridgehead atoms. The fraction of sp³-hybridized carbons (Fsp3) is 0.192. The van der Waals surface area contributed by atoms with E-state index in [1.807, 2.05) is 59.5 Å². The summed E-state index contributed by atoms with van der Waals surface area (Å²) in [6.07, 6.45) is 5.23. The molecule has 31 heavy (non-hydrogen) atoms. The van der Waals surface area contributed by atoms with Crippen LogP contribution in [0.4, 0.5) is 5.69 Å². The number of rotatable bonds is 8. The highest BCUT2D eigenvalue weighted by atomic mass is 16.5. The first-order valence-corrected chi connectivity index (χ1v) is 10.5. The zero-order chi connectivity index (χ0) is 21.5. The van der Waals surface area contributed by atoms with Gasteiger partial charge in [-0.05, 0) is 55.0 Å². The summed E-state index contributed by atoms with van der Waals surface area (Å²) in [6.45, 7) is 3.17. The molecule has 156 valence electrons. The highest BCUT2D eigenvalue weighted by Crippen LogP contribution is 2.23. The number of unbranched alkanes of at least 4 members (excludes halogenated alkanes) is 1. The average Bonchev–Trinajstić information content (AvgIpc) is 2.84. The Kier molecular flexibility index (Phi) is 6.53. The Morgan fingerprint density at radius 2 is 1.71 bits per heavy atom. The van der Waals surface area contributed by atoms with Crippen molar-refractivity contribution in [3.63, 3.8) is 0 Å². The van der Waals surface area contributed by atoms with E-state index in [2.05, 4.69) is 23.0 Å². The van der Waals surface area contributed by atoms with Crippen LogP contribution in [0.2, 0.25) is 0 Å². The Hall–Kier alpha value is -3.73. The number of anilines is 1. The Morgan fingerprint density at radius 3 is 2.48 bits per heavy atom. The summed E-state index contributed by atoms with van der Waals surface area (Å²) in [4.78, 5) is 23.5. The maximum Gasteiger partial charge on any atom is 0.258 e. The Bertz CT molecular complexity index is 1140. The fourth-order valence-electron chi connectivity index (χ4n) is 3.38. The quantitative estimate of drug-likeness (QED) is 0.376. The van der Waals surface area contributed by atoms with Crippen LogP contribution in [0.25, 0.3) is 10.9 Å². The lowest BCUT2D eigenvalue weighted by Gasteiger charge is -2.23. The number of hydrogen-bond donors (Lipinski definition) is 0. The lowest BCUT2D eigenvalue weighted by molar-refractivity contribution is 0.0986. The van der Waals surface area contributed by atoms with E-state index in [-0.39, 0.29) is 5.91 Å². The van der Waals surface area contributed by atoms with E-state index in [1.54, 1.807) is 24.5 Å². The molecule has 0 fully saturated rings. The van der Waals surface area contributed by atoms with Gasteiger partial charge in [0.15, 0.2) is 0 Å². The normalized spacial score (nSPS) is 10.7. The number of benzene rings is 2. The van der Waals surface area contributed by atoms with Crippen LogP contribution < -0.4 is 9.64 Å². The molecule has 1 amide bonds. The van der Waals surface area contributed by atoms with Crippen molar-refractivity contribution in [2.24, 2.45) is 0 Å². The minimum atomic E-state index is -0.0233. The van der Waals surface area contributed by atoms with E-state index in [1.165, 1.54) is 0 Å². The van der Waals surface area contributed by atoms with Crippen LogP contribution in [0.1, 0.15) is 35.8 Å². The zero-order valence-corrected chi connectivity index (χ0v) is 17.6. The van der Waals surface area contributed by atoms with Crippen molar-refractivity contribution in [2.75, 3.05) is 11.4 Å². The van der Waals surface area contributed by atoms with Crippen molar-refractivity contribution in [3.05, 3.63) is 96.4 Å². The van der Waals surface area contributed by atoms with Gasteiger partial charge in [0.2, 0.25) is 0 Å². The molecule has 0 atom stereocenters. The third-order valence-electron chi connectivity index (χ3n) is 5.10. The summed E-state index contributed by atoms with van der Waals surface area (Å²) in [7, 11) is 0. The van der Waals surface area contributed by atoms with Gasteiger partial charge in [-0.2, -0.15) is 0 Å². The Labute approximate surface area is 182 Å². The van der Waals surface area contributed by atoms with Crippen LogP contribution >= 0.6 is 0 Å². The minimum absolute atomic E-state index is 0.0233. The summed E-state index contributed by atoms with van der Waals surface area (Å²) in [5.74, 6) is 0.718. The van der Waals surface area contributed by atoms with Crippen molar-refractivity contribution < 1.29 is 9.53 Å². The lowest BCUT2D eigenvalue weighted by atomic mass is 10.2. The number of aromatic nitrogens is 2. The van der Waals surface area contributed by atoms with Gasteiger partial charge in [-0.1, -0.05) is 37.6 Å². The van der Waals surface area contributed by atoms with Crippen LogP contribution in [0.3, 0.4) is 0 Å². The molecule has 0 unspecified atom stereocenters. The van der Waals surface area contributed by atoms with Gasteiger partial charge >= 0.3 is 0 Å². The maximum absolute atomic E-state index is 13.0. The zero-order valence-electron chi connectivity index (χ0n) is 17.6. The first-order chi connectivity index (χ1) is 15.2. The van der Waals surface area contributed by atoms with E-state index in [0.717, 1.165) is 40.9 Å². The maximum atomic E-state index is 13.0. The summed E-state index contributed by atoms with van der Waals surface area (Å²) in [5.41, 5.74) is 3.32. The number of ether oxygens (including phenoxy) is 1. The van der Waals surface area contributed by atoms with Gasteiger partial charge in [-0.25, -0.2) is 4.98 Å². The Morgan fingerprint density at radius 1 is 0.935 bits per heavy atom. The topological polar surface area (TPSA) is 55.3 Å². The van der Waals surface area contributed by atoms with Crippen LogP contribution in [-0.2, 0) is 6.61 Å². The van der Waals surface area contributed by atoms with Gasteiger partial charge in [0.1, 0.15) is 12.4 Å². The molecule has 0 saturated heterocycles. The van der Waals surface area contributed by atoms with E-state index in [9.17, 15) is 4.79 Å². The molecule has 0 aliphatic carbocycles. The van der Waals surface area contributed by atoms with E-state index < -0.39 is 0 Å². The molecule has 0 aliphatic rings. The van der Waals surface area contributed by atoms with Crippen LogP contribution in [0.5, 0.6) is 5.75 Å². The molecule has 2 aromatic heterocycles. The van der Waals surface area contributed by atoms with Crippen molar-refractivity contribution >= 4 is 22.5 Å². The number of fused-ring (bicyclic) bond motifs is 1. The largest absolute Gasteiger partial charge is 0.487 e. The van der Waals surface area contributed by atoms with Gasteiger partial charge in [-0.15, -0.1) is 0 Å². The van der Waals surface area contributed by atoms with Crippen molar-refractivity contribution in [3.8, 4) is 5.75 Å². The summed E-state index contributed by atoms with van der Waals surface area (Å²) >= 11 is 0. The second-order valence-electron chi connectivity index (χ2n) is 7.32. The molecule has 2 heterocycles. The van der Waals surface area contributed by atoms with Crippen LogP contribution in [0.15, 0.2) is 85.2 Å². The van der Waals surface area contributed by atoms with Gasteiger partial charge in [0.05, 0.1) is 11.2 Å². The third-order valence-corrected chi connectivity index (χ3v) is 5.10. The molecule has 0 N–H and O–H groups in total. The summed E-state index contributed by atoms with van der Waals surface area (Å²) in [5, 5.41) is 1.11. The smallest absolute Gasteiger partial charge is 0.258 e.